The Morgan fingerprint density at radius 1 is 1.09 bits per heavy atom. The number of fused-ring (bicyclic) bond motifs is 1. The number of nitrogens with zero attached hydrogens (tertiary/aromatic N) is 1. The lowest BCUT2D eigenvalue weighted by atomic mass is 10.0. The molecule has 0 atom stereocenters. The summed E-state index contributed by atoms with van der Waals surface area (Å²) in [6.45, 7) is 0. The van der Waals surface area contributed by atoms with Crippen LogP contribution in [0.2, 0.25) is 0 Å². The molecule has 0 radical (unpaired) electrons. The van der Waals surface area contributed by atoms with Gasteiger partial charge in [-0.15, -0.1) is 0 Å². The van der Waals surface area contributed by atoms with Crippen molar-refractivity contribution in [2.75, 3.05) is 7.11 Å². The van der Waals surface area contributed by atoms with Crippen LogP contribution in [0.25, 0.3) is 11.5 Å². The van der Waals surface area contributed by atoms with Gasteiger partial charge in [0, 0.05) is 5.56 Å². The van der Waals surface area contributed by atoms with Crippen molar-refractivity contribution in [1.29, 1.82) is 0 Å². The van der Waals surface area contributed by atoms with Crippen molar-refractivity contribution in [1.82, 2.24) is 0 Å². The maximum absolute atomic E-state index is 11.8. The van der Waals surface area contributed by atoms with Crippen LogP contribution in [0.3, 0.4) is 0 Å². The van der Waals surface area contributed by atoms with Gasteiger partial charge < -0.3 is 9.47 Å². The summed E-state index contributed by atoms with van der Waals surface area (Å²) < 4.78 is 10.2. The molecular formula is C16H11NO5. The lowest BCUT2D eigenvalue weighted by molar-refractivity contribution is -0.375. The number of carbonyl (C=O) groups is 1. The fourth-order valence-corrected chi connectivity index (χ4v) is 2.31. The molecule has 0 saturated heterocycles. The van der Waals surface area contributed by atoms with Gasteiger partial charge in [-0.2, -0.15) is 0 Å². The van der Waals surface area contributed by atoms with E-state index >= 15 is 0 Å². The summed E-state index contributed by atoms with van der Waals surface area (Å²) in [5.74, 6) is -0.0329. The van der Waals surface area contributed by atoms with Gasteiger partial charge in [0.15, 0.2) is 0 Å². The molecule has 22 heavy (non-hydrogen) atoms. The molecule has 0 amide bonds. The molecule has 2 aromatic carbocycles. The molecule has 1 heterocycles. The summed E-state index contributed by atoms with van der Waals surface area (Å²) >= 11 is 0. The van der Waals surface area contributed by atoms with Crippen LogP contribution >= 0.6 is 0 Å². The summed E-state index contributed by atoms with van der Waals surface area (Å²) in [6.07, 6.45) is 0. The molecule has 1 aliphatic heterocycles. The highest BCUT2D eigenvalue weighted by molar-refractivity contribution is 6.06. The lowest BCUT2D eigenvalue weighted by Gasteiger charge is -2.04. The van der Waals surface area contributed by atoms with Gasteiger partial charge in [-0.3, -0.25) is 10.1 Å². The minimum absolute atomic E-state index is 0.0317. The molecule has 0 saturated carbocycles. The predicted molar refractivity (Wildman–Crippen MR) is 78.7 cm³/mol. The number of rotatable bonds is 3. The first-order chi connectivity index (χ1) is 10.6. The summed E-state index contributed by atoms with van der Waals surface area (Å²) in [7, 11) is 1.51. The van der Waals surface area contributed by atoms with Gasteiger partial charge in [0.1, 0.15) is 5.75 Å². The molecule has 0 N–H and O–H groups in total. The van der Waals surface area contributed by atoms with E-state index in [1.807, 2.05) is 0 Å². The minimum Gasteiger partial charge on any atom is -0.497 e. The van der Waals surface area contributed by atoms with E-state index in [0.29, 0.717) is 22.4 Å². The topological polar surface area (TPSA) is 78.7 Å². The van der Waals surface area contributed by atoms with Gasteiger partial charge in [0.05, 0.1) is 23.2 Å². The number of carbonyl (C=O) groups excluding carboxylic acids is 1. The second-order valence-electron chi connectivity index (χ2n) is 4.60. The van der Waals surface area contributed by atoms with E-state index in [0.717, 1.165) is 0 Å². The SMILES string of the molecule is COc1ccc(/C(=C2/OC(=O)c3ccccc32)[N+](=O)[O-])cc1. The molecule has 6 heteroatoms. The highest BCUT2D eigenvalue weighted by Gasteiger charge is 2.34. The maximum Gasteiger partial charge on any atom is 0.344 e. The number of hydrogen-bond acceptors (Lipinski definition) is 5. The summed E-state index contributed by atoms with van der Waals surface area (Å²) in [5, 5.41) is 11.5. The molecule has 0 unspecified atom stereocenters. The molecule has 2 aromatic rings. The Balaban J connectivity index is 2.19. The van der Waals surface area contributed by atoms with E-state index < -0.39 is 10.9 Å². The van der Waals surface area contributed by atoms with Crippen LogP contribution in [-0.4, -0.2) is 18.0 Å². The summed E-state index contributed by atoms with van der Waals surface area (Å²) in [5.41, 5.74) is 0.839. The smallest absolute Gasteiger partial charge is 0.344 e. The second-order valence-corrected chi connectivity index (χ2v) is 4.60. The standard InChI is InChI=1S/C16H11NO5/c1-21-11-8-6-10(7-9-11)14(17(19)20)15-12-4-2-3-5-13(12)16(18)22-15/h2-9H,1H3/b15-14-. The van der Waals surface area contributed by atoms with Gasteiger partial charge in [-0.1, -0.05) is 18.2 Å². The van der Waals surface area contributed by atoms with Crippen LogP contribution in [0.5, 0.6) is 5.75 Å². The van der Waals surface area contributed by atoms with E-state index in [1.54, 1.807) is 48.5 Å². The molecule has 0 spiro atoms. The third-order valence-corrected chi connectivity index (χ3v) is 3.35. The van der Waals surface area contributed by atoms with Crippen molar-refractivity contribution < 1.29 is 19.2 Å². The number of cyclic esters (lactones) is 1. The molecule has 0 bridgehead atoms. The van der Waals surface area contributed by atoms with Crippen LogP contribution < -0.4 is 4.74 Å². The van der Waals surface area contributed by atoms with Crippen molar-refractivity contribution in [3.63, 3.8) is 0 Å². The summed E-state index contributed by atoms with van der Waals surface area (Å²) in [6, 6.07) is 12.9. The van der Waals surface area contributed by atoms with E-state index in [9.17, 15) is 14.9 Å². The Bertz CT molecular complexity index is 792. The molecule has 1 aliphatic rings. The normalized spacial score (nSPS) is 15.0. The van der Waals surface area contributed by atoms with Crippen molar-refractivity contribution >= 4 is 17.4 Å². The quantitative estimate of drug-likeness (QED) is 0.494. The van der Waals surface area contributed by atoms with Crippen LogP contribution in [0.15, 0.2) is 48.5 Å². The molecule has 110 valence electrons. The second kappa shape index (κ2) is 5.33. The Hall–Kier alpha value is -3.15. The highest BCUT2D eigenvalue weighted by Crippen LogP contribution is 2.36. The number of ether oxygens (including phenoxy) is 2. The molecule has 3 rings (SSSR count). The molecule has 0 aliphatic carbocycles. The van der Waals surface area contributed by atoms with Gasteiger partial charge >= 0.3 is 11.7 Å². The molecule has 0 fully saturated rings. The highest BCUT2D eigenvalue weighted by atomic mass is 16.6. The first-order valence-corrected chi connectivity index (χ1v) is 6.46. The zero-order valence-electron chi connectivity index (χ0n) is 11.6. The van der Waals surface area contributed by atoms with Gasteiger partial charge in [-0.05, 0) is 30.3 Å². The predicted octanol–water partition coefficient (Wildman–Crippen LogP) is 2.97. The van der Waals surface area contributed by atoms with Crippen molar-refractivity contribution in [3.8, 4) is 5.75 Å². The Morgan fingerprint density at radius 3 is 2.32 bits per heavy atom. The molecule has 0 aromatic heterocycles. The Morgan fingerprint density at radius 2 is 1.73 bits per heavy atom. The number of benzene rings is 2. The van der Waals surface area contributed by atoms with Crippen LogP contribution in [0.1, 0.15) is 21.5 Å². The van der Waals surface area contributed by atoms with E-state index in [1.165, 1.54) is 7.11 Å². The Labute approximate surface area is 125 Å². The Kier molecular flexibility index (Phi) is 3.34. The van der Waals surface area contributed by atoms with E-state index in [-0.39, 0.29) is 11.5 Å². The monoisotopic (exact) mass is 297 g/mol. The van der Waals surface area contributed by atoms with Crippen molar-refractivity contribution in [2.45, 2.75) is 0 Å². The first kappa shape index (κ1) is 13.8. The minimum atomic E-state index is -0.585. The zero-order chi connectivity index (χ0) is 15.7. The maximum atomic E-state index is 11.8. The van der Waals surface area contributed by atoms with Crippen LogP contribution in [0.4, 0.5) is 0 Å². The van der Waals surface area contributed by atoms with Crippen molar-refractivity contribution in [2.24, 2.45) is 0 Å². The van der Waals surface area contributed by atoms with Crippen LogP contribution in [-0.2, 0) is 4.74 Å². The first-order valence-electron chi connectivity index (χ1n) is 6.46. The number of esters is 1. The van der Waals surface area contributed by atoms with Gasteiger partial charge in [-0.25, -0.2) is 4.79 Å². The van der Waals surface area contributed by atoms with E-state index in [2.05, 4.69) is 0 Å². The average Bonchev–Trinajstić information content (AvgIpc) is 2.85. The molecule has 6 nitrogen and oxygen atoms in total. The largest absolute Gasteiger partial charge is 0.497 e. The fraction of sp³-hybridized carbons (Fsp3) is 0.0625. The zero-order valence-corrected chi connectivity index (χ0v) is 11.6. The van der Waals surface area contributed by atoms with E-state index in [4.69, 9.17) is 9.47 Å². The van der Waals surface area contributed by atoms with Gasteiger partial charge in [0.2, 0.25) is 5.76 Å². The lowest BCUT2D eigenvalue weighted by Crippen LogP contribution is -2.03. The van der Waals surface area contributed by atoms with Crippen molar-refractivity contribution in [3.05, 3.63) is 75.3 Å². The van der Waals surface area contributed by atoms with Crippen LogP contribution in [0, 0.1) is 10.1 Å². The third kappa shape index (κ3) is 2.20. The average molecular weight is 297 g/mol. The third-order valence-electron chi connectivity index (χ3n) is 3.35. The summed E-state index contributed by atoms with van der Waals surface area (Å²) in [4.78, 5) is 22.8. The number of hydrogen-bond donors (Lipinski definition) is 0. The fourth-order valence-electron chi connectivity index (χ4n) is 2.31. The molecular weight excluding hydrogens is 286 g/mol. The number of methoxy groups -OCH3 is 1. The number of nitro groups is 1. The van der Waals surface area contributed by atoms with Gasteiger partial charge in [0.25, 0.3) is 0 Å².